The number of nitrogens with two attached hydrogens (primary N) is 1. The van der Waals surface area contributed by atoms with Crippen molar-refractivity contribution in [3.63, 3.8) is 0 Å². The van der Waals surface area contributed by atoms with E-state index in [0.717, 1.165) is 0 Å². The van der Waals surface area contributed by atoms with E-state index >= 15 is 0 Å². The van der Waals surface area contributed by atoms with E-state index in [1.165, 1.54) is 0 Å². The number of hydrogen-bond acceptors (Lipinski definition) is 3. The third kappa shape index (κ3) is 3.01. The Labute approximate surface area is 101 Å². The number of nitrogens with one attached hydrogen (secondary N) is 1. The van der Waals surface area contributed by atoms with Crippen LogP contribution in [-0.2, 0) is 11.2 Å². The van der Waals surface area contributed by atoms with Crippen LogP contribution < -0.4 is 11.3 Å². The summed E-state index contributed by atoms with van der Waals surface area (Å²) in [6.07, 6.45) is -0.0358. The Morgan fingerprint density at radius 1 is 1.60 bits per heavy atom. The zero-order chi connectivity index (χ0) is 11.6. The van der Waals surface area contributed by atoms with Gasteiger partial charge >= 0.3 is 0 Å². The first-order valence-electron chi connectivity index (χ1n) is 4.48. The molecule has 1 heterocycles. The van der Waals surface area contributed by atoms with Crippen molar-refractivity contribution in [3.8, 4) is 0 Å². The Balaban J connectivity index is 3.23. The van der Waals surface area contributed by atoms with E-state index in [-0.39, 0.29) is 17.9 Å². The van der Waals surface area contributed by atoms with Gasteiger partial charge in [0.25, 0.3) is 5.56 Å². The standard InChI is InChI=1S/C9H12IN3O2/c1-4(2)8-7(10)9(15)13-6(12-8)3-5(11)14/h4H,3H2,1-2H3,(H2,11,14)(H,12,13,15). The highest BCUT2D eigenvalue weighted by atomic mass is 127. The number of amides is 1. The van der Waals surface area contributed by atoms with Gasteiger partial charge in [0.15, 0.2) is 0 Å². The van der Waals surface area contributed by atoms with E-state index in [1.807, 2.05) is 36.4 Å². The van der Waals surface area contributed by atoms with Crippen molar-refractivity contribution >= 4 is 28.5 Å². The summed E-state index contributed by atoms with van der Waals surface area (Å²) in [6, 6.07) is 0. The SMILES string of the molecule is CC(C)c1nc(CC(N)=O)[nH]c(=O)c1I. The van der Waals surface area contributed by atoms with Crippen LogP contribution in [0.1, 0.15) is 31.3 Å². The molecule has 0 bridgehead atoms. The summed E-state index contributed by atoms with van der Waals surface area (Å²) in [6.45, 7) is 3.88. The van der Waals surface area contributed by atoms with Gasteiger partial charge in [-0.1, -0.05) is 13.8 Å². The molecular weight excluding hydrogens is 309 g/mol. The molecule has 0 aliphatic heterocycles. The lowest BCUT2D eigenvalue weighted by atomic mass is 10.1. The van der Waals surface area contributed by atoms with E-state index in [0.29, 0.717) is 15.1 Å². The van der Waals surface area contributed by atoms with Gasteiger partial charge in [-0.05, 0) is 28.5 Å². The summed E-state index contributed by atoms with van der Waals surface area (Å²) in [7, 11) is 0. The number of halogens is 1. The molecule has 0 atom stereocenters. The molecule has 0 saturated carbocycles. The lowest BCUT2D eigenvalue weighted by molar-refractivity contribution is -0.117. The molecule has 0 unspecified atom stereocenters. The molecule has 15 heavy (non-hydrogen) atoms. The van der Waals surface area contributed by atoms with Gasteiger partial charge in [-0.25, -0.2) is 4.98 Å². The van der Waals surface area contributed by atoms with Gasteiger partial charge in [-0.3, -0.25) is 9.59 Å². The number of carbonyl (C=O) groups is 1. The molecule has 1 rings (SSSR count). The van der Waals surface area contributed by atoms with E-state index in [9.17, 15) is 9.59 Å². The molecule has 3 N–H and O–H groups in total. The van der Waals surface area contributed by atoms with E-state index < -0.39 is 5.91 Å². The summed E-state index contributed by atoms with van der Waals surface area (Å²) in [5.74, 6) is -0.0310. The van der Waals surface area contributed by atoms with Crippen molar-refractivity contribution in [3.05, 3.63) is 25.4 Å². The van der Waals surface area contributed by atoms with E-state index in [1.54, 1.807) is 0 Å². The summed E-state index contributed by atoms with van der Waals surface area (Å²) >= 11 is 1.95. The molecule has 0 saturated heterocycles. The fourth-order valence-electron chi connectivity index (χ4n) is 1.16. The molecule has 1 aromatic rings. The molecule has 0 radical (unpaired) electrons. The third-order valence-corrected chi connectivity index (χ3v) is 2.87. The maximum Gasteiger partial charge on any atom is 0.264 e. The van der Waals surface area contributed by atoms with Crippen molar-refractivity contribution < 1.29 is 4.79 Å². The Kier molecular flexibility index (Phi) is 3.83. The van der Waals surface area contributed by atoms with Crippen LogP contribution in [0.4, 0.5) is 0 Å². The van der Waals surface area contributed by atoms with Crippen LogP contribution in [0.3, 0.4) is 0 Å². The molecule has 0 fully saturated rings. The van der Waals surface area contributed by atoms with Gasteiger partial charge < -0.3 is 10.7 Å². The molecule has 6 heteroatoms. The van der Waals surface area contributed by atoms with Crippen LogP contribution in [0.2, 0.25) is 0 Å². The van der Waals surface area contributed by atoms with Crippen LogP contribution >= 0.6 is 22.6 Å². The first-order valence-corrected chi connectivity index (χ1v) is 5.56. The van der Waals surface area contributed by atoms with E-state index in [2.05, 4.69) is 9.97 Å². The minimum absolute atomic E-state index is 0.0358. The zero-order valence-electron chi connectivity index (χ0n) is 8.50. The summed E-state index contributed by atoms with van der Waals surface area (Å²) in [5, 5.41) is 0. The number of H-pyrrole nitrogens is 1. The van der Waals surface area contributed by atoms with Crippen LogP contribution in [0.25, 0.3) is 0 Å². The molecular formula is C9H12IN3O2. The van der Waals surface area contributed by atoms with Crippen LogP contribution in [-0.4, -0.2) is 15.9 Å². The number of nitrogens with zero attached hydrogens (tertiary/aromatic N) is 1. The summed E-state index contributed by atoms with van der Waals surface area (Å²) in [4.78, 5) is 28.9. The highest BCUT2D eigenvalue weighted by molar-refractivity contribution is 14.1. The average molecular weight is 321 g/mol. The van der Waals surface area contributed by atoms with Crippen molar-refractivity contribution in [2.45, 2.75) is 26.2 Å². The van der Waals surface area contributed by atoms with Crippen LogP contribution in [0.15, 0.2) is 4.79 Å². The number of hydrogen-bond donors (Lipinski definition) is 2. The van der Waals surface area contributed by atoms with Gasteiger partial charge in [0.1, 0.15) is 5.82 Å². The van der Waals surface area contributed by atoms with Gasteiger partial charge in [-0.2, -0.15) is 0 Å². The van der Waals surface area contributed by atoms with Crippen LogP contribution in [0, 0.1) is 3.57 Å². The first-order chi connectivity index (χ1) is 6.91. The normalized spacial score (nSPS) is 10.7. The van der Waals surface area contributed by atoms with Gasteiger partial charge in [0.2, 0.25) is 5.91 Å². The maximum absolute atomic E-state index is 11.5. The van der Waals surface area contributed by atoms with Crippen LogP contribution in [0.5, 0.6) is 0 Å². The van der Waals surface area contributed by atoms with Gasteiger partial charge in [0, 0.05) is 0 Å². The summed E-state index contributed by atoms with van der Waals surface area (Å²) < 4.78 is 0.566. The van der Waals surface area contributed by atoms with E-state index in [4.69, 9.17) is 5.73 Å². The molecule has 1 aromatic heterocycles. The Hall–Kier alpha value is -0.920. The second-order valence-corrected chi connectivity index (χ2v) is 4.59. The Morgan fingerprint density at radius 2 is 2.20 bits per heavy atom. The lowest BCUT2D eigenvalue weighted by Crippen LogP contribution is -2.23. The second-order valence-electron chi connectivity index (χ2n) is 3.51. The fraction of sp³-hybridized carbons (Fsp3) is 0.444. The number of primary amides is 1. The quantitative estimate of drug-likeness (QED) is 0.796. The number of aromatic amines is 1. The number of aromatic nitrogens is 2. The van der Waals surface area contributed by atoms with Crippen molar-refractivity contribution in [1.29, 1.82) is 0 Å². The summed E-state index contributed by atoms with van der Waals surface area (Å²) in [5.41, 5.74) is 5.52. The minimum Gasteiger partial charge on any atom is -0.369 e. The zero-order valence-corrected chi connectivity index (χ0v) is 10.7. The molecule has 0 aliphatic rings. The predicted molar refractivity (Wildman–Crippen MR) is 64.6 cm³/mol. The highest BCUT2D eigenvalue weighted by Crippen LogP contribution is 2.15. The predicted octanol–water partition coefficient (Wildman–Crippen LogP) is 0.526. The third-order valence-electron chi connectivity index (χ3n) is 1.83. The Bertz CT molecular complexity index is 439. The molecule has 82 valence electrons. The molecule has 1 amide bonds. The average Bonchev–Trinajstić information content (AvgIpc) is 2.09. The van der Waals surface area contributed by atoms with Crippen molar-refractivity contribution in [2.24, 2.45) is 5.73 Å². The van der Waals surface area contributed by atoms with Crippen molar-refractivity contribution in [1.82, 2.24) is 9.97 Å². The van der Waals surface area contributed by atoms with Crippen molar-refractivity contribution in [2.75, 3.05) is 0 Å². The van der Waals surface area contributed by atoms with Gasteiger partial charge in [-0.15, -0.1) is 0 Å². The highest BCUT2D eigenvalue weighted by Gasteiger charge is 2.12. The number of rotatable bonds is 3. The molecule has 0 aromatic carbocycles. The lowest BCUT2D eigenvalue weighted by Gasteiger charge is -2.08. The molecule has 0 spiro atoms. The maximum atomic E-state index is 11.5. The van der Waals surface area contributed by atoms with Gasteiger partial charge in [0.05, 0.1) is 15.7 Å². The fourth-order valence-corrected chi connectivity index (χ4v) is 2.03. The molecule has 0 aliphatic carbocycles. The second kappa shape index (κ2) is 4.73. The Morgan fingerprint density at radius 3 is 2.67 bits per heavy atom. The first kappa shape index (κ1) is 12.2. The largest absolute Gasteiger partial charge is 0.369 e. The number of carbonyl (C=O) groups excluding carboxylic acids is 1. The topological polar surface area (TPSA) is 88.8 Å². The monoisotopic (exact) mass is 321 g/mol. The smallest absolute Gasteiger partial charge is 0.264 e. The minimum atomic E-state index is -0.505. The molecule has 5 nitrogen and oxygen atoms in total.